The Bertz CT molecular complexity index is 414. The Morgan fingerprint density at radius 3 is 3.13 bits per heavy atom. The minimum absolute atomic E-state index is 0.200. The molecule has 0 radical (unpaired) electrons. The van der Waals surface area contributed by atoms with Crippen molar-refractivity contribution in [2.24, 2.45) is 0 Å². The third-order valence-electron chi connectivity index (χ3n) is 2.02. The molecule has 15 heavy (non-hydrogen) atoms. The normalized spacial score (nSPS) is 18.5. The van der Waals surface area contributed by atoms with Gasteiger partial charge in [-0.25, -0.2) is 0 Å². The van der Waals surface area contributed by atoms with E-state index in [4.69, 9.17) is 21.1 Å². The zero-order chi connectivity index (χ0) is 10.8. The van der Waals surface area contributed by atoms with Crippen LogP contribution in [0.15, 0.2) is 30.9 Å². The molecule has 2 rings (SSSR count). The lowest BCUT2D eigenvalue weighted by molar-refractivity contribution is -0.0360. The van der Waals surface area contributed by atoms with Crippen molar-refractivity contribution < 1.29 is 14.3 Å². The third kappa shape index (κ3) is 1.89. The van der Waals surface area contributed by atoms with Crippen LogP contribution in [0.3, 0.4) is 0 Å². The number of hydrogen-bond acceptors (Lipinski definition) is 3. The molecule has 0 bridgehead atoms. The van der Waals surface area contributed by atoms with Crippen molar-refractivity contribution in [3.05, 3.63) is 41.4 Å². The molecule has 1 aromatic carbocycles. The molecule has 1 heterocycles. The molecular weight excluding hydrogens is 216 g/mol. The molecule has 0 saturated heterocycles. The van der Waals surface area contributed by atoms with Gasteiger partial charge in [0.05, 0.1) is 12.2 Å². The zero-order valence-corrected chi connectivity index (χ0v) is 8.66. The van der Waals surface area contributed by atoms with Gasteiger partial charge in [0.25, 0.3) is 6.29 Å². The van der Waals surface area contributed by atoms with Crippen LogP contribution in [0.4, 0.5) is 0 Å². The van der Waals surface area contributed by atoms with Crippen molar-refractivity contribution in [2.45, 2.75) is 6.29 Å². The summed E-state index contributed by atoms with van der Waals surface area (Å²) in [7, 11) is 0. The van der Waals surface area contributed by atoms with Crippen molar-refractivity contribution in [1.82, 2.24) is 0 Å². The van der Waals surface area contributed by atoms with E-state index in [0.29, 0.717) is 16.3 Å². The fourth-order valence-electron chi connectivity index (χ4n) is 1.36. The van der Waals surface area contributed by atoms with Crippen LogP contribution >= 0.6 is 11.6 Å². The fraction of sp³-hybridized carbons (Fsp3) is 0.182. The monoisotopic (exact) mass is 224 g/mol. The molecular formula is C11H9ClO3. The molecule has 0 aromatic heterocycles. The summed E-state index contributed by atoms with van der Waals surface area (Å²) in [6, 6.07) is 4.91. The Balaban J connectivity index is 2.22. The molecule has 1 aliphatic rings. The van der Waals surface area contributed by atoms with E-state index in [1.807, 2.05) is 0 Å². The van der Waals surface area contributed by atoms with E-state index in [2.05, 4.69) is 6.58 Å². The van der Waals surface area contributed by atoms with E-state index in [9.17, 15) is 4.79 Å². The van der Waals surface area contributed by atoms with E-state index in [1.165, 1.54) is 0 Å². The highest BCUT2D eigenvalue weighted by Gasteiger charge is 2.32. The first-order valence-electron chi connectivity index (χ1n) is 4.45. The van der Waals surface area contributed by atoms with Gasteiger partial charge in [0.2, 0.25) is 5.78 Å². The van der Waals surface area contributed by atoms with Gasteiger partial charge in [0.15, 0.2) is 0 Å². The molecule has 1 aromatic rings. The summed E-state index contributed by atoms with van der Waals surface area (Å²) in [5.41, 5.74) is 0.469. The number of carbonyl (C=O) groups is 1. The zero-order valence-electron chi connectivity index (χ0n) is 7.90. The maximum atomic E-state index is 11.7. The quantitative estimate of drug-likeness (QED) is 0.740. The fourth-order valence-corrected chi connectivity index (χ4v) is 1.53. The molecule has 3 nitrogen and oxygen atoms in total. The standard InChI is InChI=1S/C11H9ClO3/c1-2-5-14-11-10(13)8-6-7(12)3-4-9(8)15-11/h2-4,6,11H,1,5H2. The van der Waals surface area contributed by atoms with Crippen molar-refractivity contribution in [3.8, 4) is 5.75 Å². The van der Waals surface area contributed by atoms with Crippen LogP contribution in [-0.4, -0.2) is 18.7 Å². The smallest absolute Gasteiger partial charge is 0.265 e. The van der Waals surface area contributed by atoms with Gasteiger partial charge in [0, 0.05) is 5.02 Å². The minimum Gasteiger partial charge on any atom is -0.456 e. The van der Waals surface area contributed by atoms with Crippen LogP contribution in [0.25, 0.3) is 0 Å². The molecule has 0 amide bonds. The summed E-state index contributed by atoms with van der Waals surface area (Å²) in [4.78, 5) is 11.7. The predicted octanol–water partition coefficient (Wildman–Crippen LogP) is 2.44. The Hall–Kier alpha value is -1.32. The summed E-state index contributed by atoms with van der Waals surface area (Å²) in [6.07, 6.45) is 0.698. The first-order chi connectivity index (χ1) is 7.22. The molecule has 0 N–H and O–H groups in total. The molecule has 1 atom stereocenters. The number of halogens is 1. The van der Waals surface area contributed by atoms with Gasteiger partial charge < -0.3 is 9.47 Å². The Morgan fingerprint density at radius 2 is 2.40 bits per heavy atom. The lowest BCUT2D eigenvalue weighted by Crippen LogP contribution is -2.24. The molecule has 78 valence electrons. The first kappa shape index (κ1) is 10.2. The maximum Gasteiger partial charge on any atom is 0.265 e. The number of rotatable bonds is 3. The largest absolute Gasteiger partial charge is 0.456 e. The number of ketones is 1. The molecule has 4 heteroatoms. The molecule has 1 aliphatic heterocycles. The predicted molar refractivity (Wildman–Crippen MR) is 56.3 cm³/mol. The summed E-state index contributed by atoms with van der Waals surface area (Å²) in [5.74, 6) is 0.313. The topological polar surface area (TPSA) is 35.5 Å². The second-order valence-corrected chi connectivity index (χ2v) is 3.51. The van der Waals surface area contributed by atoms with Gasteiger partial charge in [-0.3, -0.25) is 4.79 Å². The van der Waals surface area contributed by atoms with E-state index < -0.39 is 6.29 Å². The van der Waals surface area contributed by atoms with Crippen molar-refractivity contribution in [1.29, 1.82) is 0 Å². The second kappa shape index (κ2) is 4.04. The van der Waals surface area contributed by atoms with Gasteiger partial charge in [0.1, 0.15) is 5.75 Å². The number of Topliss-reactive ketones (excluding diaryl/α,β-unsaturated/α-hetero) is 1. The summed E-state index contributed by atoms with van der Waals surface area (Å²) >= 11 is 5.78. The highest BCUT2D eigenvalue weighted by molar-refractivity contribution is 6.31. The average Bonchev–Trinajstić information content (AvgIpc) is 2.53. The van der Waals surface area contributed by atoms with Crippen LogP contribution in [0.5, 0.6) is 5.75 Å². The first-order valence-corrected chi connectivity index (χ1v) is 4.83. The Labute approximate surface area is 92.3 Å². The Kier molecular flexibility index (Phi) is 2.75. The van der Waals surface area contributed by atoms with Gasteiger partial charge in [-0.15, -0.1) is 6.58 Å². The molecule has 1 unspecified atom stereocenters. The summed E-state index contributed by atoms with van der Waals surface area (Å²) < 4.78 is 10.5. The number of benzene rings is 1. The summed E-state index contributed by atoms with van der Waals surface area (Å²) in [6.45, 7) is 3.77. The number of fused-ring (bicyclic) bond motifs is 1. The molecule has 0 fully saturated rings. The van der Waals surface area contributed by atoms with Crippen molar-refractivity contribution >= 4 is 17.4 Å². The Morgan fingerprint density at radius 1 is 1.60 bits per heavy atom. The van der Waals surface area contributed by atoms with Crippen molar-refractivity contribution in [2.75, 3.05) is 6.61 Å². The second-order valence-electron chi connectivity index (χ2n) is 3.08. The van der Waals surface area contributed by atoms with E-state index >= 15 is 0 Å². The third-order valence-corrected chi connectivity index (χ3v) is 2.26. The highest BCUT2D eigenvalue weighted by atomic mass is 35.5. The van der Waals surface area contributed by atoms with E-state index in [-0.39, 0.29) is 12.4 Å². The number of carbonyl (C=O) groups excluding carboxylic acids is 1. The maximum absolute atomic E-state index is 11.7. The van der Waals surface area contributed by atoms with Gasteiger partial charge in [-0.05, 0) is 18.2 Å². The molecule has 0 saturated carbocycles. The van der Waals surface area contributed by atoms with E-state index in [0.717, 1.165) is 0 Å². The van der Waals surface area contributed by atoms with Crippen LogP contribution in [0.2, 0.25) is 5.02 Å². The molecule has 0 spiro atoms. The minimum atomic E-state index is -0.864. The summed E-state index contributed by atoms with van der Waals surface area (Å²) in [5, 5.41) is 0.509. The SMILES string of the molecule is C=CCOC1Oc2ccc(Cl)cc2C1=O. The highest BCUT2D eigenvalue weighted by Crippen LogP contribution is 2.31. The molecule has 0 aliphatic carbocycles. The van der Waals surface area contributed by atoms with Crippen LogP contribution < -0.4 is 4.74 Å². The van der Waals surface area contributed by atoms with Crippen LogP contribution in [-0.2, 0) is 4.74 Å². The van der Waals surface area contributed by atoms with Crippen molar-refractivity contribution in [3.63, 3.8) is 0 Å². The van der Waals surface area contributed by atoms with Gasteiger partial charge in [-0.1, -0.05) is 17.7 Å². The van der Waals surface area contributed by atoms with Crippen LogP contribution in [0, 0.1) is 0 Å². The average molecular weight is 225 g/mol. The lowest BCUT2D eigenvalue weighted by atomic mass is 10.1. The van der Waals surface area contributed by atoms with E-state index in [1.54, 1.807) is 24.3 Å². The van der Waals surface area contributed by atoms with Gasteiger partial charge >= 0.3 is 0 Å². The van der Waals surface area contributed by atoms with Gasteiger partial charge in [-0.2, -0.15) is 0 Å². The van der Waals surface area contributed by atoms with Crippen LogP contribution in [0.1, 0.15) is 10.4 Å². The lowest BCUT2D eigenvalue weighted by Gasteiger charge is -2.07. The number of ether oxygens (including phenoxy) is 2. The number of hydrogen-bond donors (Lipinski definition) is 0.